The molecule has 5 nitrogen and oxygen atoms in total. The number of likely N-dealkylation sites (tertiary alicyclic amines) is 1. The summed E-state index contributed by atoms with van der Waals surface area (Å²) in [5, 5.41) is 3.28. The van der Waals surface area contributed by atoms with Gasteiger partial charge in [0.15, 0.2) is 0 Å². The number of carbonyl (C=O) groups is 1. The molecule has 5 heteroatoms. The Morgan fingerprint density at radius 2 is 1.75 bits per heavy atom. The number of hydrogen-bond acceptors (Lipinski definition) is 4. The van der Waals surface area contributed by atoms with Crippen molar-refractivity contribution in [3.05, 3.63) is 48.3 Å². The van der Waals surface area contributed by atoms with Gasteiger partial charge in [0.05, 0.1) is 24.6 Å². The van der Waals surface area contributed by atoms with Crippen molar-refractivity contribution in [1.82, 2.24) is 9.88 Å². The SMILES string of the molecule is COc1ccc(Nc2cncc(C(=O)N3CCCCCC3)c2)cc1. The first-order valence-corrected chi connectivity index (χ1v) is 8.42. The van der Waals surface area contributed by atoms with E-state index in [1.165, 1.54) is 12.8 Å². The molecule has 0 aliphatic carbocycles. The van der Waals surface area contributed by atoms with E-state index in [1.807, 2.05) is 35.2 Å². The first-order valence-electron chi connectivity index (χ1n) is 8.42. The highest BCUT2D eigenvalue weighted by Gasteiger charge is 2.17. The summed E-state index contributed by atoms with van der Waals surface area (Å²) >= 11 is 0. The van der Waals surface area contributed by atoms with Gasteiger partial charge in [0.25, 0.3) is 5.91 Å². The molecule has 126 valence electrons. The molecule has 0 radical (unpaired) electrons. The van der Waals surface area contributed by atoms with Gasteiger partial charge >= 0.3 is 0 Å². The first kappa shape index (κ1) is 16.3. The Kier molecular flexibility index (Phi) is 5.31. The van der Waals surface area contributed by atoms with Gasteiger partial charge < -0.3 is 15.0 Å². The fourth-order valence-corrected chi connectivity index (χ4v) is 2.92. The monoisotopic (exact) mass is 325 g/mol. The Balaban J connectivity index is 1.71. The minimum absolute atomic E-state index is 0.0720. The van der Waals surface area contributed by atoms with Crippen molar-refractivity contribution in [2.45, 2.75) is 25.7 Å². The first-order chi connectivity index (χ1) is 11.8. The molecule has 0 spiro atoms. The van der Waals surface area contributed by atoms with E-state index in [1.54, 1.807) is 19.5 Å². The summed E-state index contributed by atoms with van der Waals surface area (Å²) in [5.41, 5.74) is 2.37. The number of rotatable bonds is 4. The maximum absolute atomic E-state index is 12.7. The maximum Gasteiger partial charge on any atom is 0.255 e. The maximum atomic E-state index is 12.7. The van der Waals surface area contributed by atoms with E-state index in [9.17, 15) is 4.79 Å². The van der Waals surface area contributed by atoms with E-state index < -0.39 is 0 Å². The Morgan fingerprint density at radius 3 is 2.42 bits per heavy atom. The molecule has 24 heavy (non-hydrogen) atoms. The van der Waals surface area contributed by atoms with Gasteiger partial charge in [-0.15, -0.1) is 0 Å². The largest absolute Gasteiger partial charge is 0.497 e. The topological polar surface area (TPSA) is 54.5 Å². The molecule has 1 aliphatic heterocycles. The quantitative estimate of drug-likeness (QED) is 0.927. The second-order valence-electron chi connectivity index (χ2n) is 6.02. The number of ether oxygens (including phenoxy) is 1. The minimum atomic E-state index is 0.0720. The molecule has 0 unspecified atom stereocenters. The van der Waals surface area contributed by atoms with Crippen LogP contribution in [0.1, 0.15) is 36.0 Å². The summed E-state index contributed by atoms with van der Waals surface area (Å²) in [7, 11) is 1.64. The van der Waals surface area contributed by atoms with E-state index in [0.717, 1.165) is 43.1 Å². The van der Waals surface area contributed by atoms with Crippen LogP contribution in [0.2, 0.25) is 0 Å². The lowest BCUT2D eigenvalue weighted by Crippen LogP contribution is -2.31. The van der Waals surface area contributed by atoms with E-state index >= 15 is 0 Å². The number of carbonyl (C=O) groups excluding carboxylic acids is 1. The zero-order valence-corrected chi connectivity index (χ0v) is 14.0. The number of aromatic nitrogens is 1. The van der Waals surface area contributed by atoms with E-state index in [0.29, 0.717) is 5.56 Å². The number of methoxy groups -OCH3 is 1. The highest BCUT2D eigenvalue weighted by atomic mass is 16.5. The average molecular weight is 325 g/mol. The third kappa shape index (κ3) is 4.04. The zero-order valence-electron chi connectivity index (χ0n) is 14.0. The van der Waals surface area contributed by atoms with Gasteiger partial charge in [-0.05, 0) is 43.2 Å². The Hall–Kier alpha value is -2.56. The molecular weight excluding hydrogens is 302 g/mol. The van der Waals surface area contributed by atoms with Crippen molar-refractivity contribution in [3.63, 3.8) is 0 Å². The highest BCUT2D eigenvalue weighted by Crippen LogP contribution is 2.21. The molecule has 1 amide bonds. The summed E-state index contributed by atoms with van der Waals surface area (Å²) in [5.74, 6) is 0.881. The van der Waals surface area contributed by atoms with Gasteiger partial charge in [-0.25, -0.2) is 0 Å². The van der Waals surface area contributed by atoms with E-state index in [2.05, 4.69) is 10.3 Å². The molecule has 2 aromatic rings. The van der Waals surface area contributed by atoms with Crippen LogP contribution in [-0.4, -0.2) is 36.0 Å². The lowest BCUT2D eigenvalue weighted by Gasteiger charge is -2.20. The molecule has 1 aromatic carbocycles. The second kappa shape index (κ2) is 7.81. The predicted octanol–water partition coefficient (Wildman–Crippen LogP) is 3.85. The summed E-state index contributed by atoms with van der Waals surface area (Å²) in [6, 6.07) is 9.51. The lowest BCUT2D eigenvalue weighted by molar-refractivity contribution is 0.0761. The van der Waals surface area contributed by atoms with Gasteiger partial charge in [-0.1, -0.05) is 12.8 Å². The summed E-state index contributed by atoms with van der Waals surface area (Å²) in [4.78, 5) is 18.8. The smallest absolute Gasteiger partial charge is 0.255 e. The van der Waals surface area contributed by atoms with Crippen LogP contribution in [-0.2, 0) is 0 Å². The standard InChI is InChI=1S/C19H23N3O2/c1-24-18-8-6-16(7-9-18)21-17-12-15(13-20-14-17)19(23)22-10-4-2-3-5-11-22/h6-9,12-14,21H,2-5,10-11H2,1H3. The number of hydrogen-bond donors (Lipinski definition) is 1. The number of benzene rings is 1. The molecular formula is C19H23N3O2. The fourth-order valence-electron chi connectivity index (χ4n) is 2.92. The van der Waals surface area contributed by atoms with Crippen LogP contribution in [0.25, 0.3) is 0 Å². The van der Waals surface area contributed by atoms with Gasteiger partial charge in [0.2, 0.25) is 0 Å². The molecule has 1 aliphatic rings. The highest BCUT2D eigenvalue weighted by molar-refractivity contribution is 5.95. The van der Waals surface area contributed by atoms with Crippen LogP contribution in [0, 0.1) is 0 Å². The van der Waals surface area contributed by atoms with Crippen molar-refractivity contribution in [2.75, 3.05) is 25.5 Å². The number of pyridine rings is 1. The Labute approximate surface area is 142 Å². The Bertz CT molecular complexity index is 677. The van der Waals surface area contributed by atoms with Gasteiger partial charge in [-0.3, -0.25) is 9.78 Å². The van der Waals surface area contributed by atoms with Crippen molar-refractivity contribution >= 4 is 17.3 Å². The minimum Gasteiger partial charge on any atom is -0.497 e. The number of amides is 1. The van der Waals surface area contributed by atoms with Crippen LogP contribution in [0.5, 0.6) is 5.75 Å². The molecule has 1 fully saturated rings. The van der Waals surface area contributed by atoms with E-state index in [4.69, 9.17) is 4.74 Å². The zero-order chi connectivity index (χ0) is 16.8. The van der Waals surface area contributed by atoms with Gasteiger partial charge in [0, 0.05) is 25.0 Å². The fraction of sp³-hybridized carbons (Fsp3) is 0.368. The summed E-state index contributed by atoms with van der Waals surface area (Å²) in [6.45, 7) is 1.68. The number of nitrogens with one attached hydrogen (secondary N) is 1. The van der Waals surface area contributed by atoms with Gasteiger partial charge in [-0.2, -0.15) is 0 Å². The second-order valence-corrected chi connectivity index (χ2v) is 6.02. The molecule has 0 atom stereocenters. The Morgan fingerprint density at radius 1 is 1.04 bits per heavy atom. The van der Waals surface area contributed by atoms with Crippen LogP contribution in [0.15, 0.2) is 42.7 Å². The molecule has 0 saturated carbocycles. The molecule has 0 bridgehead atoms. The lowest BCUT2D eigenvalue weighted by atomic mass is 10.2. The van der Waals surface area contributed by atoms with Crippen molar-refractivity contribution in [3.8, 4) is 5.75 Å². The van der Waals surface area contributed by atoms with Crippen LogP contribution < -0.4 is 10.1 Å². The molecule has 2 heterocycles. The third-order valence-electron chi connectivity index (χ3n) is 4.26. The molecule has 3 rings (SSSR count). The van der Waals surface area contributed by atoms with Crippen molar-refractivity contribution < 1.29 is 9.53 Å². The average Bonchev–Trinajstić information content (AvgIpc) is 2.91. The van der Waals surface area contributed by atoms with Crippen molar-refractivity contribution in [2.24, 2.45) is 0 Å². The molecule has 1 saturated heterocycles. The van der Waals surface area contributed by atoms with E-state index in [-0.39, 0.29) is 5.91 Å². The third-order valence-corrected chi connectivity index (χ3v) is 4.26. The predicted molar refractivity (Wildman–Crippen MR) is 94.9 cm³/mol. The van der Waals surface area contributed by atoms with Crippen molar-refractivity contribution in [1.29, 1.82) is 0 Å². The molecule has 1 aromatic heterocycles. The normalized spacial score (nSPS) is 14.8. The molecule has 1 N–H and O–H groups in total. The van der Waals surface area contributed by atoms with Crippen LogP contribution >= 0.6 is 0 Å². The van der Waals surface area contributed by atoms with Crippen LogP contribution in [0.3, 0.4) is 0 Å². The number of anilines is 2. The number of nitrogens with zero attached hydrogens (tertiary/aromatic N) is 2. The van der Waals surface area contributed by atoms with Crippen LogP contribution in [0.4, 0.5) is 11.4 Å². The van der Waals surface area contributed by atoms with Gasteiger partial charge in [0.1, 0.15) is 5.75 Å². The summed E-state index contributed by atoms with van der Waals surface area (Å²) in [6.07, 6.45) is 7.96. The summed E-state index contributed by atoms with van der Waals surface area (Å²) < 4.78 is 5.16.